The SMILES string of the molecule is CCOc1ccc(-c2cc(C(=O)Nc3c(F)cncc3F)nn2C)c(C)n1. The summed E-state index contributed by atoms with van der Waals surface area (Å²) >= 11 is 0. The van der Waals surface area contributed by atoms with Gasteiger partial charge in [0.2, 0.25) is 5.88 Å². The molecule has 7 nitrogen and oxygen atoms in total. The zero-order valence-corrected chi connectivity index (χ0v) is 15.0. The molecule has 0 unspecified atom stereocenters. The van der Waals surface area contributed by atoms with E-state index in [1.165, 1.54) is 10.7 Å². The second-order valence-electron chi connectivity index (χ2n) is 5.69. The summed E-state index contributed by atoms with van der Waals surface area (Å²) in [6, 6.07) is 5.06. The molecule has 1 N–H and O–H groups in total. The number of ether oxygens (including phenoxy) is 1. The molecule has 0 atom stereocenters. The Kier molecular flexibility index (Phi) is 5.11. The maximum atomic E-state index is 13.7. The molecule has 3 rings (SSSR count). The van der Waals surface area contributed by atoms with Crippen molar-refractivity contribution in [1.82, 2.24) is 19.7 Å². The number of hydrogen-bond acceptors (Lipinski definition) is 5. The van der Waals surface area contributed by atoms with Crippen LogP contribution in [0.2, 0.25) is 0 Å². The van der Waals surface area contributed by atoms with Gasteiger partial charge in [-0.1, -0.05) is 0 Å². The van der Waals surface area contributed by atoms with E-state index in [-0.39, 0.29) is 5.69 Å². The van der Waals surface area contributed by atoms with E-state index >= 15 is 0 Å². The van der Waals surface area contributed by atoms with Crippen molar-refractivity contribution in [2.24, 2.45) is 7.05 Å². The van der Waals surface area contributed by atoms with Crippen LogP contribution >= 0.6 is 0 Å². The van der Waals surface area contributed by atoms with Gasteiger partial charge in [0.15, 0.2) is 17.3 Å². The molecule has 140 valence electrons. The fraction of sp³-hybridized carbons (Fsp3) is 0.222. The van der Waals surface area contributed by atoms with Crippen molar-refractivity contribution in [3.63, 3.8) is 0 Å². The van der Waals surface area contributed by atoms with Crippen LogP contribution in [-0.4, -0.2) is 32.3 Å². The normalized spacial score (nSPS) is 10.7. The first-order valence-corrected chi connectivity index (χ1v) is 8.16. The van der Waals surface area contributed by atoms with Crippen LogP contribution in [-0.2, 0) is 7.05 Å². The number of carbonyl (C=O) groups is 1. The van der Waals surface area contributed by atoms with Crippen LogP contribution in [0.3, 0.4) is 0 Å². The average Bonchev–Trinajstić information content (AvgIpc) is 3.00. The zero-order valence-electron chi connectivity index (χ0n) is 15.0. The lowest BCUT2D eigenvalue weighted by molar-refractivity contribution is 0.102. The number of halogens is 2. The maximum absolute atomic E-state index is 13.7. The second kappa shape index (κ2) is 7.48. The minimum Gasteiger partial charge on any atom is -0.478 e. The first kappa shape index (κ1) is 18.4. The molecule has 0 fully saturated rings. The largest absolute Gasteiger partial charge is 0.478 e. The molecule has 0 radical (unpaired) electrons. The van der Waals surface area contributed by atoms with Gasteiger partial charge in [-0.3, -0.25) is 14.5 Å². The molecule has 0 aliphatic rings. The van der Waals surface area contributed by atoms with Crippen molar-refractivity contribution in [3.05, 3.63) is 53.6 Å². The highest BCUT2D eigenvalue weighted by atomic mass is 19.1. The van der Waals surface area contributed by atoms with Crippen molar-refractivity contribution in [1.29, 1.82) is 0 Å². The Balaban J connectivity index is 1.89. The smallest absolute Gasteiger partial charge is 0.276 e. The van der Waals surface area contributed by atoms with Gasteiger partial charge in [-0.25, -0.2) is 13.8 Å². The molecule has 3 aromatic heterocycles. The van der Waals surface area contributed by atoms with Crippen molar-refractivity contribution in [2.45, 2.75) is 13.8 Å². The number of pyridine rings is 2. The first-order valence-electron chi connectivity index (χ1n) is 8.16. The van der Waals surface area contributed by atoms with Gasteiger partial charge < -0.3 is 10.1 Å². The molecule has 0 bridgehead atoms. The van der Waals surface area contributed by atoms with Gasteiger partial charge in [-0.05, 0) is 26.0 Å². The molecule has 0 aliphatic carbocycles. The number of nitrogens with zero attached hydrogens (tertiary/aromatic N) is 4. The molecule has 0 spiro atoms. The molecule has 3 heterocycles. The summed E-state index contributed by atoms with van der Waals surface area (Å²) in [4.78, 5) is 20.1. The van der Waals surface area contributed by atoms with E-state index in [9.17, 15) is 13.6 Å². The van der Waals surface area contributed by atoms with Crippen LogP contribution in [0.1, 0.15) is 23.1 Å². The van der Waals surface area contributed by atoms with E-state index in [2.05, 4.69) is 20.4 Å². The third-order valence-corrected chi connectivity index (χ3v) is 3.83. The van der Waals surface area contributed by atoms with Crippen LogP contribution in [0.5, 0.6) is 5.88 Å². The van der Waals surface area contributed by atoms with E-state index in [0.717, 1.165) is 18.0 Å². The Morgan fingerprint density at radius 1 is 1.26 bits per heavy atom. The predicted molar refractivity (Wildman–Crippen MR) is 94.5 cm³/mol. The lowest BCUT2D eigenvalue weighted by Crippen LogP contribution is -2.15. The van der Waals surface area contributed by atoms with Crippen LogP contribution in [0, 0.1) is 18.6 Å². The van der Waals surface area contributed by atoms with Crippen molar-refractivity contribution in [3.8, 4) is 17.1 Å². The summed E-state index contributed by atoms with van der Waals surface area (Å²) < 4.78 is 34.2. The summed E-state index contributed by atoms with van der Waals surface area (Å²) in [7, 11) is 1.66. The number of carbonyl (C=O) groups excluding carboxylic acids is 1. The third kappa shape index (κ3) is 3.76. The first-order chi connectivity index (χ1) is 12.9. The Hall–Kier alpha value is -3.36. The highest BCUT2D eigenvalue weighted by Crippen LogP contribution is 2.25. The van der Waals surface area contributed by atoms with E-state index in [1.807, 2.05) is 19.9 Å². The second-order valence-corrected chi connectivity index (χ2v) is 5.69. The fourth-order valence-electron chi connectivity index (χ4n) is 2.58. The maximum Gasteiger partial charge on any atom is 0.276 e. The number of hydrogen-bond donors (Lipinski definition) is 1. The molecule has 27 heavy (non-hydrogen) atoms. The van der Waals surface area contributed by atoms with Crippen LogP contribution in [0.25, 0.3) is 11.3 Å². The summed E-state index contributed by atoms with van der Waals surface area (Å²) in [5.74, 6) is -2.17. The number of nitrogens with one attached hydrogen (secondary N) is 1. The Labute approximate surface area is 154 Å². The predicted octanol–water partition coefficient (Wildman–Crippen LogP) is 3.11. The Morgan fingerprint density at radius 3 is 2.59 bits per heavy atom. The standard InChI is InChI=1S/C18H17F2N5O2/c1-4-27-16-6-5-11(10(2)22-16)15-7-14(24-25(15)3)18(26)23-17-12(19)8-21-9-13(17)20/h5-9H,4H2,1-3H3,(H,21,23,26). The number of aryl methyl sites for hydroxylation is 2. The third-order valence-electron chi connectivity index (χ3n) is 3.83. The average molecular weight is 373 g/mol. The molecular weight excluding hydrogens is 356 g/mol. The van der Waals surface area contributed by atoms with Gasteiger partial charge in [-0.2, -0.15) is 5.10 Å². The highest BCUT2D eigenvalue weighted by molar-refractivity contribution is 6.03. The summed E-state index contributed by atoms with van der Waals surface area (Å²) in [5.41, 5.74) is 1.53. The monoisotopic (exact) mass is 373 g/mol. The van der Waals surface area contributed by atoms with Crippen molar-refractivity contribution >= 4 is 11.6 Å². The minimum absolute atomic E-state index is 0.0106. The van der Waals surface area contributed by atoms with Crippen LogP contribution in [0.4, 0.5) is 14.5 Å². The molecular formula is C18H17F2N5O2. The molecule has 3 aromatic rings. The van der Waals surface area contributed by atoms with Gasteiger partial charge in [-0.15, -0.1) is 0 Å². The number of anilines is 1. The Bertz CT molecular complexity index is 983. The zero-order chi connectivity index (χ0) is 19.6. The molecule has 0 saturated carbocycles. The van der Waals surface area contributed by atoms with E-state index in [0.29, 0.717) is 23.9 Å². The molecule has 9 heteroatoms. The van der Waals surface area contributed by atoms with Gasteiger partial charge in [0, 0.05) is 18.7 Å². The molecule has 0 aromatic carbocycles. The minimum atomic E-state index is -0.967. The fourth-order valence-corrected chi connectivity index (χ4v) is 2.58. The van der Waals surface area contributed by atoms with E-state index in [1.54, 1.807) is 13.1 Å². The number of aromatic nitrogens is 4. The highest BCUT2D eigenvalue weighted by Gasteiger charge is 2.19. The molecule has 0 aliphatic heterocycles. The van der Waals surface area contributed by atoms with Gasteiger partial charge in [0.25, 0.3) is 5.91 Å². The number of rotatable bonds is 5. The van der Waals surface area contributed by atoms with Gasteiger partial charge in [0.1, 0.15) is 5.69 Å². The quantitative estimate of drug-likeness (QED) is 0.743. The van der Waals surface area contributed by atoms with Crippen molar-refractivity contribution < 1.29 is 18.3 Å². The lowest BCUT2D eigenvalue weighted by atomic mass is 10.1. The van der Waals surface area contributed by atoms with Crippen LogP contribution < -0.4 is 10.1 Å². The summed E-state index contributed by atoms with van der Waals surface area (Å²) in [5, 5.41) is 6.31. The van der Waals surface area contributed by atoms with Crippen molar-refractivity contribution in [2.75, 3.05) is 11.9 Å². The summed E-state index contributed by atoms with van der Waals surface area (Å²) in [6.45, 7) is 4.18. The lowest BCUT2D eigenvalue weighted by Gasteiger charge is -2.08. The van der Waals surface area contributed by atoms with Gasteiger partial charge in [0.05, 0.1) is 30.4 Å². The molecule has 0 saturated heterocycles. The Morgan fingerprint density at radius 2 is 1.96 bits per heavy atom. The summed E-state index contributed by atoms with van der Waals surface area (Å²) in [6.07, 6.45) is 1.63. The topological polar surface area (TPSA) is 81.9 Å². The number of amides is 1. The van der Waals surface area contributed by atoms with Gasteiger partial charge >= 0.3 is 0 Å². The van der Waals surface area contributed by atoms with Crippen LogP contribution in [0.15, 0.2) is 30.6 Å². The molecule has 1 amide bonds. The van der Waals surface area contributed by atoms with E-state index in [4.69, 9.17) is 4.74 Å². The van der Waals surface area contributed by atoms with E-state index < -0.39 is 23.2 Å².